The lowest BCUT2D eigenvalue weighted by Crippen LogP contribution is -2.03. The van der Waals surface area contributed by atoms with Gasteiger partial charge in [-0.2, -0.15) is 0 Å². The second-order valence-electron chi connectivity index (χ2n) is 4.40. The van der Waals surface area contributed by atoms with Gasteiger partial charge in [-0.1, -0.05) is 34.1 Å². The minimum absolute atomic E-state index is 0.242. The van der Waals surface area contributed by atoms with E-state index in [1.807, 2.05) is 11.3 Å². The van der Waals surface area contributed by atoms with Crippen LogP contribution in [0.1, 0.15) is 23.3 Å². The summed E-state index contributed by atoms with van der Waals surface area (Å²) in [6.45, 7) is 0. The fraction of sp³-hybridized carbons (Fsp3) is 0.333. The zero-order valence-electron chi connectivity index (χ0n) is 10.1. The van der Waals surface area contributed by atoms with Crippen molar-refractivity contribution in [2.24, 2.45) is 0 Å². The van der Waals surface area contributed by atoms with Crippen LogP contribution in [0.5, 0.6) is 0 Å². The summed E-state index contributed by atoms with van der Waals surface area (Å²) in [6.07, 6.45) is 4.36. The molecule has 1 heterocycles. The quantitative estimate of drug-likeness (QED) is 0.592. The number of aryl methyl sites for hydroxylation is 1. The van der Waals surface area contributed by atoms with Crippen LogP contribution in [0.15, 0.2) is 46.3 Å². The monoisotopic (exact) mass is 342 g/mol. The van der Waals surface area contributed by atoms with Crippen molar-refractivity contribution in [3.8, 4) is 0 Å². The van der Waals surface area contributed by atoms with Crippen LogP contribution in [0.2, 0.25) is 0 Å². The van der Waals surface area contributed by atoms with Gasteiger partial charge in [0.1, 0.15) is 0 Å². The first-order valence-corrected chi connectivity index (χ1v) is 8.26. The maximum absolute atomic E-state index is 6.39. The highest BCUT2D eigenvalue weighted by molar-refractivity contribution is 9.10. The molecule has 0 fully saturated rings. The first-order chi connectivity index (χ1) is 8.74. The summed E-state index contributed by atoms with van der Waals surface area (Å²) >= 11 is 11.7. The fourth-order valence-electron chi connectivity index (χ4n) is 1.93. The number of rotatable bonds is 6. The Morgan fingerprint density at radius 2 is 1.94 bits per heavy atom. The lowest BCUT2D eigenvalue weighted by atomic mass is 10.1. The number of alkyl halides is 1. The molecule has 3 heteroatoms. The van der Waals surface area contributed by atoms with Crippen molar-refractivity contribution in [1.29, 1.82) is 0 Å². The molecule has 0 amide bonds. The van der Waals surface area contributed by atoms with Gasteiger partial charge in [-0.15, -0.1) is 22.9 Å². The van der Waals surface area contributed by atoms with Crippen LogP contribution in [0, 0.1) is 0 Å². The fourth-order valence-corrected chi connectivity index (χ4v) is 3.28. The Bertz CT molecular complexity index is 450. The van der Waals surface area contributed by atoms with Gasteiger partial charge in [-0.05, 0) is 54.8 Å². The molecule has 0 aliphatic carbocycles. The predicted octanol–water partition coefficient (Wildman–Crippen LogP) is 5.68. The molecule has 0 bridgehead atoms. The Labute approximate surface area is 126 Å². The van der Waals surface area contributed by atoms with Gasteiger partial charge in [0.2, 0.25) is 0 Å². The maximum Gasteiger partial charge on any atom is 0.0376 e. The molecule has 96 valence electrons. The molecule has 2 aromatic rings. The molecule has 1 aromatic carbocycles. The lowest BCUT2D eigenvalue weighted by Gasteiger charge is -2.09. The molecule has 1 atom stereocenters. The largest absolute Gasteiger partial charge is 0.149 e. The zero-order chi connectivity index (χ0) is 12.8. The third-order valence-corrected chi connectivity index (χ3v) is 4.73. The van der Waals surface area contributed by atoms with Crippen molar-refractivity contribution < 1.29 is 0 Å². The highest BCUT2D eigenvalue weighted by Crippen LogP contribution is 2.18. The Balaban J connectivity index is 1.71. The van der Waals surface area contributed by atoms with Crippen LogP contribution in [-0.4, -0.2) is 5.38 Å². The van der Waals surface area contributed by atoms with E-state index < -0.39 is 0 Å². The van der Waals surface area contributed by atoms with Crippen molar-refractivity contribution in [1.82, 2.24) is 0 Å². The van der Waals surface area contributed by atoms with Crippen molar-refractivity contribution in [3.05, 3.63) is 56.7 Å². The number of thiophene rings is 1. The first kappa shape index (κ1) is 14.1. The van der Waals surface area contributed by atoms with Crippen LogP contribution in [0.3, 0.4) is 0 Å². The molecule has 0 spiro atoms. The van der Waals surface area contributed by atoms with Gasteiger partial charge in [-0.3, -0.25) is 0 Å². The van der Waals surface area contributed by atoms with E-state index in [1.165, 1.54) is 16.9 Å². The highest BCUT2D eigenvalue weighted by Gasteiger charge is 2.06. The van der Waals surface area contributed by atoms with E-state index in [2.05, 4.69) is 57.7 Å². The van der Waals surface area contributed by atoms with Crippen molar-refractivity contribution >= 4 is 38.9 Å². The first-order valence-electron chi connectivity index (χ1n) is 6.15. The molecule has 2 rings (SSSR count). The van der Waals surface area contributed by atoms with Gasteiger partial charge in [0, 0.05) is 14.7 Å². The SMILES string of the molecule is ClC(CCCc1cccs1)Cc1ccc(Br)cc1. The number of hydrogen-bond donors (Lipinski definition) is 0. The molecule has 0 N–H and O–H groups in total. The third kappa shape index (κ3) is 4.75. The maximum atomic E-state index is 6.39. The van der Waals surface area contributed by atoms with Gasteiger partial charge in [-0.25, -0.2) is 0 Å². The normalized spacial score (nSPS) is 12.6. The number of halogens is 2. The number of benzene rings is 1. The molecule has 18 heavy (non-hydrogen) atoms. The summed E-state index contributed by atoms with van der Waals surface area (Å²) in [5.74, 6) is 0. The molecule has 1 unspecified atom stereocenters. The Morgan fingerprint density at radius 1 is 1.17 bits per heavy atom. The van der Waals surface area contributed by atoms with Crippen molar-refractivity contribution in [3.63, 3.8) is 0 Å². The van der Waals surface area contributed by atoms with Gasteiger partial charge in [0.05, 0.1) is 0 Å². The summed E-state index contributed by atoms with van der Waals surface area (Å²) in [5, 5.41) is 2.38. The Kier molecular flexibility index (Phi) is 5.74. The van der Waals surface area contributed by atoms with E-state index in [0.717, 1.165) is 23.7 Å². The Hall–Kier alpha value is -0.310. The standard InChI is InChI=1S/C15H16BrClS/c16-13-8-6-12(7-9-13)11-14(17)3-1-4-15-5-2-10-18-15/h2,5-10,14H,1,3-4,11H2. The predicted molar refractivity (Wildman–Crippen MR) is 84.7 cm³/mol. The van der Waals surface area contributed by atoms with E-state index in [-0.39, 0.29) is 5.38 Å². The van der Waals surface area contributed by atoms with E-state index in [0.29, 0.717) is 0 Å². The third-order valence-electron chi connectivity index (χ3n) is 2.89. The van der Waals surface area contributed by atoms with E-state index in [4.69, 9.17) is 11.6 Å². The second kappa shape index (κ2) is 7.32. The van der Waals surface area contributed by atoms with Crippen LogP contribution >= 0.6 is 38.9 Å². The minimum Gasteiger partial charge on any atom is -0.149 e. The van der Waals surface area contributed by atoms with Gasteiger partial charge in [0.15, 0.2) is 0 Å². The molecule has 0 nitrogen and oxygen atoms in total. The van der Waals surface area contributed by atoms with Crippen LogP contribution in [0.4, 0.5) is 0 Å². The van der Waals surface area contributed by atoms with Gasteiger partial charge >= 0.3 is 0 Å². The van der Waals surface area contributed by atoms with Crippen LogP contribution in [-0.2, 0) is 12.8 Å². The summed E-state index contributed by atoms with van der Waals surface area (Å²) in [7, 11) is 0. The highest BCUT2D eigenvalue weighted by atomic mass is 79.9. The van der Waals surface area contributed by atoms with Crippen LogP contribution in [0.25, 0.3) is 0 Å². The molecule has 0 saturated heterocycles. The van der Waals surface area contributed by atoms with Crippen LogP contribution < -0.4 is 0 Å². The smallest absolute Gasteiger partial charge is 0.0376 e. The summed E-state index contributed by atoms with van der Waals surface area (Å²) in [5.41, 5.74) is 1.31. The molecule has 0 aliphatic heterocycles. The average molecular weight is 344 g/mol. The van der Waals surface area contributed by atoms with Gasteiger partial charge < -0.3 is 0 Å². The molecule has 0 radical (unpaired) electrons. The molecular weight excluding hydrogens is 328 g/mol. The van der Waals surface area contributed by atoms with E-state index in [9.17, 15) is 0 Å². The summed E-state index contributed by atoms with van der Waals surface area (Å²) < 4.78 is 1.12. The molecule has 0 saturated carbocycles. The summed E-state index contributed by atoms with van der Waals surface area (Å²) in [4.78, 5) is 1.46. The molecule has 1 aromatic heterocycles. The molecule has 0 aliphatic rings. The average Bonchev–Trinajstić information content (AvgIpc) is 2.85. The van der Waals surface area contributed by atoms with E-state index >= 15 is 0 Å². The van der Waals surface area contributed by atoms with Crippen molar-refractivity contribution in [2.75, 3.05) is 0 Å². The van der Waals surface area contributed by atoms with E-state index in [1.54, 1.807) is 0 Å². The minimum atomic E-state index is 0.242. The summed E-state index contributed by atoms with van der Waals surface area (Å²) in [6, 6.07) is 12.7. The van der Waals surface area contributed by atoms with Gasteiger partial charge in [0.25, 0.3) is 0 Å². The topological polar surface area (TPSA) is 0 Å². The number of hydrogen-bond acceptors (Lipinski definition) is 1. The lowest BCUT2D eigenvalue weighted by molar-refractivity contribution is 0.690. The van der Waals surface area contributed by atoms with Crippen molar-refractivity contribution in [2.45, 2.75) is 31.1 Å². The molecular formula is C15H16BrClS. The Morgan fingerprint density at radius 3 is 2.61 bits per heavy atom. The zero-order valence-corrected chi connectivity index (χ0v) is 13.3. The second-order valence-corrected chi connectivity index (χ2v) is 6.96.